The monoisotopic (exact) mass is 242 g/mol. The lowest BCUT2D eigenvalue weighted by atomic mass is 10.1. The Morgan fingerprint density at radius 3 is 2.71 bits per heavy atom. The largest absolute Gasteiger partial charge is 0.496 e. The first-order valence-electron chi connectivity index (χ1n) is 5.29. The maximum Gasteiger partial charge on any atom is 0.194 e. The number of ether oxygens (including phenoxy) is 1. The third-order valence-electron chi connectivity index (χ3n) is 2.82. The molecule has 3 rings (SSSR count). The van der Waals surface area contributed by atoms with Crippen LogP contribution in [-0.2, 0) is 0 Å². The van der Waals surface area contributed by atoms with Gasteiger partial charge in [-0.2, -0.15) is 0 Å². The minimum Gasteiger partial charge on any atom is -0.496 e. The zero-order valence-corrected chi connectivity index (χ0v) is 10.1. The molecule has 2 aromatic carbocycles. The van der Waals surface area contributed by atoms with Crippen molar-refractivity contribution in [2.45, 2.75) is 0 Å². The molecule has 3 aromatic rings. The summed E-state index contributed by atoms with van der Waals surface area (Å²) in [5.74, 6) is 0.752. The van der Waals surface area contributed by atoms with Gasteiger partial charge in [-0.05, 0) is 23.7 Å². The van der Waals surface area contributed by atoms with E-state index in [2.05, 4.69) is 6.07 Å². The summed E-state index contributed by atoms with van der Waals surface area (Å²) < 4.78 is 11.4. The summed E-state index contributed by atoms with van der Waals surface area (Å²) in [6, 6.07) is 13.8. The molecule has 2 nitrogen and oxygen atoms in total. The summed E-state index contributed by atoms with van der Waals surface area (Å²) in [4.78, 5) is 0. The van der Waals surface area contributed by atoms with Crippen LogP contribution in [0.15, 0.2) is 46.9 Å². The smallest absolute Gasteiger partial charge is 0.194 e. The summed E-state index contributed by atoms with van der Waals surface area (Å²) in [7, 11) is 1.64. The van der Waals surface area contributed by atoms with Gasteiger partial charge in [-0.15, -0.1) is 0 Å². The van der Waals surface area contributed by atoms with Gasteiger partial charge in [0.1, 0.15) is 11.3 Å². The zero-order chi connectivity index (χ0) is 11.8. The van der Waals surface area contributed by atoms with Crippen molar-refractivity contribution < 1.29 is 9.15 Å². The van der Waals surface area contributed by atoms with E-state index in [1.54, 1.807) is 13.2 Å². The Bertz CT molecular complexity index is 759. The Morgan fingerprint density at radius 2 is 1.88 bits per heavy atom. The van der Waals surface area contributed by atoms with Crippen LogP contribution >= 0.6 is 12.2 Å². The van der Waals surface area contributed by atoms with Crippen LogP contribution in [0.2, 0.25) is 0 Å². The van der Waals surface area contributed by atoms with Crippen LogP contribution in [0.3, 0.4) is 0 Å². The second-order valence-electron chi connectivity index (χ2n) is 3.80. The first kappa shape index (κ1) is 10.3. The fourth-order valence-electron chi connectivity index (χ4n) is 2.03. The SMILES string of the molecule is COc1cc(=S)oc2c1ccc1ccccc12. The van der Waals surface area contributed by atoms with E-state index in [1.807, 2.05) is 30.3 Å². The molecular weight excluding hydrogens is 232 g/mol. The van der Waals surface area contributed by atoms with Gasteiger partial charge in [0.2, 0.25) is 0 Å². The molecule has 0 fully saturated rings. The van der Waals surface area contributed by atoms with Crippen LogP contribution in [0.1, 0.15) is 0 Å². The summed E-state index contributed by atoms with van der Waals surface area (Å²) in [6.07, 6.45) is 0. The normalized spacial score (nSPS) is 10.9. The van der Waals surface area contributed by atoms with Crippen molar-refractivity contribution in [3.63, 3.8) is 0 Å². The highest BCUT2D eigenvalue weighted by Crippen LogP contribution is 2.31. The van der Waals surface area contributed by atoms with Gasteiger partial charge in [0.25, 0.3) is 0 Å². The fourth-order valence-corrected chi connectivity index (χ4v) is 2.22. The first-order valence-corrected chi connectivity index (χ1v) is 5.70. The van der Waals surface area contributed by atoms with Gasteiger partial charge in [0, 0.05) is 11.5 Å². The minimum atomic E-state index is 0.436. The Balaban J connectivity index is 2.58. The topological polar surface area (TPSA) is 22.4 Å². The maximum atomic E-state index is 5.65. The molecule has 0 atom stereocenters. The van der Waals surface area contributed by atoms with Crippen molar-refractivity contribution in [3.05, 3.63) is 47.2 Å². The van der Waals surface area contributed by atoms with Crippen molar-refractivity contribution in [2.24, 2.45) is 0 Å². The highest BCUT2D eigenvalue weighted by atomic mass is 32.1. The molecule has 0 unspecified atom stereocenters. The van der Waals surface area contributed by atoms with Crippen LogP contribution in [0, 0.1) is 4.71 Å². The summed E-state index contributed by atoms with van der Waals surface area (Å²) in [5.41, 5.74) is 0.785. The van der Waals surface area contributed by atoms with Gasteiger partial charge in [0.15, 0.2) is 4.71 Å². The highest BCUT2D eigenvalue weighted by molar-refractivity contribution is 7.71. The molecule has 3 heteroatoms. The molecule has 84 valence electrons. The average Bonchev–Trinajstić information content (AvgIpc) is 2.37. The fraction of sp³-hybridized carbons (Fsp3) is 0.0714. The van der Waals surface area contributed by atoms with E-state index in [1.165, 1.54) is 0 Å². The van der Waals surface area contributed by atoms with Crippen molar-refractivity contribution in [3.8, 4) is 5.75 Å². The second kappa shape index (κ2) is 3.86. The molecule has 0 saturated heterocycles. The molecule has 1 aromatic heterocycles. The van der Waals surface area contributed by atoms with Crippen LogP contribution in [0.4, 0.5) is 0 Å². The predicted octanol–water partition coefficient (Wildman–Crippen LogP) is 4.32. The van der Waals surface area contributed by atoms with E-state index < -0.39 is 0 Å². The quantitative estimate of drug-likeness (QED) is 0.468. The molecule has 0 saturated carbocycles. The number of hydrogen-bond acceptors (Lipinski definition) is 3. The van der Waals surface area contributed by atoms with Gasteiger partial charge in [-0.3, -0.25) is 0 Å². The van der Waals surface area contributed by atoms with Crippen LogP contribution in [-0.4, -0.2) is 7.11 Å². The van der Waals surface area contributed by atoms with Crippen LogP contribution in [0.25, 0.3) is 21.7 Å². The molecule has 0 aliphatic rings. The molecule has 17 heavy (non-hydrogen) atoms. The number of hydrogen-bond donors (Lipinski definition) is 0. The molecule has 0 N–H and O–H groups in total. The molecule has 0 amide bonds. The van der Waals surface area contributed by atoms with E-state index in [0.29, 0.717) is 4.71 Å². The summed E-state index contributed by atoms with van der Waals surface area (Å²) in [6.45, 7) is 0. The molecule has 0 bridgehead atoms. The molecule has 0 aliphatic heterocycles. The lowest BCUT2D eigenvalue weighted by Gasteiger charge is -2.06. The van der Waals surface area contributed by atoms with E-state index in [9.17, 15) is 0 Å². The Labute approximate surface area is 103 Å². The minimum absolute atomic E-state index is 0.436. The first-order chi connectivity index (χ1) is 8.29. The molecule has 1 heterocycles. The standard InChI is InChI=1S/C14H10O2S/c1-15-12-8-13(17)16-14-10-5-3-2-4-9(10)6-7-11(12)14/h2-8H,1H3. The van der Waals surface area contributed by atoms with Gasteiger partial charge >= 0.3 is 0 Å². The summed E-state index contributed by atoms with van der Waals surface area (Å²) >= 11 is 5.11. The Morgan fingerprint density at radius 1 is 1.06 bits per heavy atom. The Hall–Kier alpha value is -1.87. The van der Waals surface area contributed by atoms with Crippen LogP contribution < -0.4 is 4.74 Å². The van der Waals surface area contributed by atoms with E-state index in [0.717, 1.165) is 27.5 Å². The Kier molecular flexibility index (Phi) is 2.34. The van der Waals surface area contributed by atoms with Crippen molar-refractivity contribution in [1.29, 1.82) is 0 Å². The average molecular weight is 242 g/mol. The van der Waals surface area contributed by atoms with Crippen molar-refractivity contribution in [1.82, 2.24) is 0 Å². The van der Waals surface area contributed by atoms with Gasteiger partial charge in [0.05, 0.1) is 12.5 Å². The lowest BCUT2D eigenvalue weighted by molar-refractivity contribution is 0.415. The number of benzene rings is 2. The second-order valence-corrected chi connectivity index (χ2v) is 4.20. The van der Waals surface area contributed by atoms with E-state index >= 15 is 0 Å². The molecular formula is C14H10O2S. The van der Waals surface area contributed by atoms with Gasteiger partial charge < -0.3 is 9.15 Å². The lowest BCUT2D eigenvalue weighted by Crippen LogP contribution is -1.86. The number of rotatable bonds is 1. The third kappa shape index (κ3) is 1.59. The zero-order valence-electron chi connectivity index (χ0n) is 9.27. The van der Waals surface area contributed by atoms with E-state index in [-0.39, 0.29) is 0 Å². The molecule has 0 radical (unpaired) electrons. The molecule has 0 spiro atoms. The predicted molar refractivity (Wildman–Crippen MR) is 71.1 cm³/mol. The molecule has 0 aliphatic carbocycles. The van der Waals surface area contributed by atoms with Crippen molar-refractivity contribution in [2.75, 3.05) is 7.11 Å². The number of fused-ring (bicyclic) bond motifs is 3. The summed E-state index contributed by atoms with van der Waals surface area (Å²) in [5, 5.41) is 3.13. The van der Waals surface area contributed by atoms with Crippen molar-refractivity contribution >= 4 is 34.0 Å². The number of methoxy groups -OCH3 is 1. The third-order valence-corrected chi connectivity index (χ3v) is 3.02. The maximum absolute atomic E-state index is 5.65. The van der Waals surface area contributed by atoms with E-state index in [4.69, 9.17) is 21.4 Å². The highest BCUT2D eigenvalue weighted by Gasteiger charge is 2.07. The van der Waals surface area contributed by atoms with Gasteiger partial charge in [-0.25, -0.2) is 0 Å². The van der Waals surface area contributed by atoms with Crippen LogP contribution in [0.5, 0.6) is 5.75 Å². The van der Waals surface area contributed by atoms with Gasteiger partial charge in [-0.1, -0.05) is 30.3 Å².